The summed E-state index contributed by atoms with van der Waals surface area (Å²) in [6, 6.07) is 10.4. The zero-order chi connectivity index (χ0) is 27.2. The van der Waals surface area contributed by atoms with Gasteiger partial charge >= 0.3 is 0 Å². The van der Waals surface area contributed by atoms with Crippen molar-refractivity contribution in [2.75, 3.05) is 23.7 Å². The van der Waals surface area contributed by atoms with Crippen molar-refractivity contribution in [3.05, 3.63) is 69.3 Å². The molecular weight excluding hydrogens is 484 g/mol. The van der Waals surface area contributed by atoms with Gasteiger partial charge in [-0.25, -0.2) is 8.42 Å². The van der Waals surface area contributed by atoms with Crippen LogP contribution in [0.1, 0.15) is 37.5 Å². The summed E-state index contributed by atoms with van der Waals surface area (Å²) in [5, 5.41) is 14.1. The van der Waals surface area contributed by atoms with Gasteiger partial charge in [0, 0.05) is 25.2 Å². The molecule has 0 radical (unpaired) electrons. The first kappa shape index (κ1) is 28.8. The quantitative estimate of drug-likeness (QED) is 0.359. The lowest BCUT2D eigenvalue weighted by Crippen LogP contribution is -2.51. The normalized spacial score (nSPS) is 12.2. The van der Waals surface area contributed by atoms with Gasteiger partial charge in [-0.3, -0.25) is 24.0 Å². The molecule has 0 aliphatic carbocycles. The Morgan fingerprint density at radius 1 is 1.08 bits per heavy atom. The molecule has 0 aliphatic heterocycles. The van der Waals surface area contributed by atoms with E-state index in [-0.39, 0.29) is 29.7 Å². The Hall–Kier alpha value is -3.47. The minimum absolute atomic E-state index is 0.0347. The van der Waals surface area contributed by atoms with Crippen molar-refractivity contribution in [3.8, 4) is 0 Å². The highest BCUT2D eigenvalue weighted by atomic mass is 32.2. The van der Waals surface area contributed by atoms with Gasteiger partial charge in [-0.15, -0.1) is 0 Å². The van der Waals surface area contributed by atoms with Crippen molar-refractivity contribution >= 4 is 33.2 Å². The van der Waals surface area contributed by atoms with Gasteiger partial charge in [-0.05, 0) is 37.8 Å². The van der Waals surface area contributed by atoms with Crippen LogP contribution in [0.2, 0.25) is 0 Å². The number of nitro groups is 1. The standard InChI is InChI=1S/C25H34N4O6S/c1-17(2)14-26-25(31)20(5)27(15-21-9-7-8-18(3)12-21)24(30)16-28(36(6,34)35)23-13-22(29(32)33)11-10-19(23)4/h7-13,17,20H,14-16H2,1-6H3,(H,26,31)/t20-/m0/s1. The number of aryl methyl sites for hydroxylation is 2. The molecule has 10 nitrogen and oxygen atoms in total. The van der Waals surface area contributed by atoms with Gasteiger partial charge < -0.3 is 10.2 Å². The smallest absolute Gasteiger partial charge is 0.271 e. The van der Waals surface area contributed by atoms with Crippen molar-refractivity contribution in [2.45, 2.75) is 47.2 Å². The number of amides is 2. The van der Waals surface area contributed by atoms with Crippen LogP contribution in [0.5, 0.6) is 0 Å². The molecule has 0 aromatic heterocycles. The molecule has 2 aromatic carbocycles. The van der Waals surface area contributed by atoms with E-state index >= 15 is 0 Å². The van der Waals surface area contributed by atoms with Crippen molar-refractivity contribution in [1.29, 1.82) is 0 Å². The largest absolute Gasteiger partial charge is 0.354 e. The van der Waals surface area contributed by atoms with Gasteiger partial charge in [0.25, 0.3) is 5.69 Å². The van der Waals surface area contributed by atoms with Gasteiger partial charge in [0.15, 0.2) is 0 Å². The third-order valence-corrected chi connectivity index (χ3v) is 6.77. The summed E-state index contributed by atoms with van der Waals surface area (Å²) in [7, 11) is -4.00. The van der Waals surface area contributed by atoms with Gasteiger partial charge in [0.05, 0.1) is 16.9 Å². The van der Waals surface area contributed by atoms with E-state index in [1.807, 2.05) is 45.0 Å². The number of rotatable bonds is 11. The van der Waals surface area contributed by atoms with E-state index in [0.717, 1.165) is 27.8 Å². The van der Waals surface area contributed by atoms with E-state index in [4.69, 9.17) is 0 Å². The number of carbonyl (C=O) groups is 2. The monoisotopic (exact) mass is 518 g/mol. The number of hydrogen-bond donors (Lipinski definition) is 1. The van der Waals surface area contributed by atoms with Gasteiger partial charge in [-0.2, -0.15) is 0 Å². The minimum atomic E-state index is -4.00. The van der Waals surface area contributed by atoms with Crippen LogP contribution in [0.4, 0.5) is 11.4 Å². The molecule has 1 N–H and O–H groups in total. The number of sulfonamides is 1. The van der Waals surface area contributed by atoms with E-state index in [0.29, 0.717) is 12.1 Å². The molecule has 0 heterocycles. The Morgan fingerprint density at radius 3 is 2.31 bits per heavy atom. The molecule has 0 fully saturated rings. The maximum atomic E-state index is 13.6. The topological polar surface area (TPSA) is 130 Å². The number of nitrogens with one attached hydrogen (secondary N) is 1. The lowest BCUT2D eigenvalue weighted by molar-refractivity contribution is -0.384. The molecule has 1 atom stereocenters. The first-order valence-corrected chi connectivity index (χ1v) is 13.4. The average molecular weight is 519 g/mol. The zero-order valence-corrected chi connectivity index (χ0v) is 22.3. The Balaban J connectivity index is 2.46. The maximum Gasteiger partial charge on any atom is 0.271 e. The first-order valence-electron chi connectivity index (χ1n) is 11.6. The number of non-ortho nitro benzene ring substituents is 1. The number of nitrogens with zero attached hydrogens (tertiary/aromatic N) is 3. The van der Waals surface area contributed by atoms with Gasteiger partial charge in [0.2, 0.25) is 21.8 Å². The Bertz CT molecular complexity index is 1230. The Kier molecular flexibility index (Phi) is 9.57. The first-order chi connectivity index (χ1) is 16.7. The average Bonchev–Trinajstić information content (AvgIpc) is 2.78. The molecule has 36 heavy (non-hydrogen) atoms. The number of nitro benzene ring substituents is 1. The summed E-state index contributed by atoms with van der Waals surface area (Å²) >= 11 is 0. The fourth-order valence-electron chi connectivity index (χ4n) is 3.62. The third-order valence-electron chi connectivity index (χ3n) is 5.64. The number of benzene rings is 2. The fraction of sp³-hybridized carbons (Fsp3) is 0.440. The highest BCUT2D eigenvalue weighted by molar-refractivity contribution is 7.92. The molecule has 0 saturated heterocycles. The summed E-state index contributed by atoms with van der Waals surface area (Å²) in [5.41, 5.74) is 1.94. The Morgan fingerprint density at radius 2 is 1.75 bits per heavy atom. The van der Waals surface area contributed by atoms with E-state index in [1.165, 1.54) is 17.0 Å². The van der Waals surface area contributed by atoms with Crippen LogP contribution in [0.3, 0.4) is 0 Å². The molecule has 196 valence electrons. The van der Waals surface area contributed by atoms with Crippen LogP contribution in [0.15, 0.2) is 42.5 Å². The predicted octanol–water partition coefficient (Wildman–Crippen LogP) is 3.17. The lowest BCUT2D eigenvalue weighted by Gasteiger charge is -2.32. The second-order valence-electron chi connectivity index (χ2n) is 9.32. The zero-order valence-electron chi connectivity index (χ0n) is 21.5. The van der Waals surface area contributed by atoms with Gasteiger partial charge in [-0.1, -0.05) is 49.7 Å². The van der Waals surface area contributed by atoms with Gasteiger partial charge in [0.1, 0.15) is 12.6 Å². The predicted molar refractivity (Wildman–Crippen MR) is 139 cm³/mol. The Labute approximate surface area is 212 Å². The molecular formula is C25H34N4O6S. The fourth-order valence-corrected chi connectivity index (χ4v) is 4.52. The molecule has 0 bridgehead atoms. The maximum absolute atomic E-state index is 13.6. The molecule has 2 rings (SSSR count). The molecule has 2 amide bonds. The summed E-state index contributed by atoms with van der Waals surface area (Å²) in [4.78, 5) is 38.4. The lowest BCUT2D eigenvalue weighted by atomic mass is 10.1. The number of anilines is 1. The second-order valence-corrected chi connectivity index (χ2v) is 11.2. The summed E-state index contributed by atoms with van der Waals surface area (Å²) in [6.45, 7) is 8.90. The van der Waals surface area contributed by atoms with Crippen molar-refractivity contribution in [3.63, 3.8) is 0 Å². The second kappa shape index (κ2) is 12.0. The van der Waals surface area contributed by atoms with E-state index in [9.17, 15) is 28.1 Å². The summed E-state index contributed by atoms with van der Waals surface area (Å²) < 4.78 is 26.3. The molecule has 0 unspecified atom stereocenters. The third kappa shape index (κ3) is 7.77. The summed E-state index contributed by atoms with van der Waals surface area (Å²) in [6.07, 6.45) is 0.933. The van der Waals surface area contributed by atoms with Crippen molar-refractivity contribution in [2.24, 2.45) is 5.92 Å². The molecule has 0 saturated carbocycles. The molecule has 0 spiro atoms. The highest BCUT2D eigenvalue weighted by Crippen LogP contribution is 2.28. The highest BCUT2D eigenvalue weighted by Gasteiger charge is 2.31. The van der Waals surface area contributed by atoms with Crippen molar-refractivity contribution < 1.29 is 22.9 Å². The van der Waals surface area contributed by atoms with E-state index in [1.54, 1.807) is 13.8 Å². The van der Waals surface area contributed by atoms with Crippen LogP contribution in [0.25, 0.3) is 0 Å². The number of carbonyl (C=O) groups excluding carboxylic acids is 2. The van der Waals surface area contributed by atoms with Crippen LogP contribution >= 0.6 is 0 Å². The molecule has 2 aromatic rings. The number of hydrogen-bond acceptors (Lipinski definition) is 6. The SMILES string of the molecule is Cc1cccc(CN(C(=O)CN(c2cc([N+](=O)[O-])ccc2C)S(C)(=O)=O)[C@@H](C)C(=O)NCC(C)C)c1. The molecule has 0 aliphatic rings. The minimum Gasteiger partial charge on any atom is -0.354 e. The molecule has 11 heteroatoms. The van der Waals surface area contributed by atoms with E-state index in [2.05, 4.69) is 5.32 Å². The summed E-state index contributed by atoms with van der Waals surface area (Å²) in [5.74, 6) is -0.762. The van der Waals surface area contributed by atoms with E-state index < -0.39 is 33.4 Å². The van der Waals surface area contributed by atoms with Crippen LogP contribution in [-0.4, -0.2) is 55.4 Å². The van der Waals surface area contributed by atoms with Crippen molar-refractivity contribution in [1.82, 2.24) is 10.2 Å². The van der Waals surface area contributed by atoms with Crippen LogP contribution < -0.4 is 9.62 Å². The van der Waals surface area contributed by atoms with Crippen LogP contribution in [0, 0.1) is 29.9 Å². The van der Waals surface area contributed by atoms with Crippen LogP contribution in [-0.2, 0) is 26.2 Å².